The number of benzene rings is 1. The number of hydrogen-bond donors (Lipinski definition) is 1. The SMILES string of the molecule is Cn1cccc1C(c1cccn1C)C(O)c1ccc(Cl)cc1. The van der Waals surface area contributed by atoms with E-state index in [0.29, 0.717) is 5.02 Å². The van der Waals surface area contributed by atoms with Gasteiger partial charge in [-0.3, -0.25) is 0 Å². The Hall–Kier alpha value is -1.97. The Morgan fingerprint density at radius 2 is 1.36 bits per heavy atom. The molecule has 0 fully saturated rings. The zero-order valence-electron chi connectivity index (χ0n) is 12.6. The molecule has 0 spiro atoms. The van der Waals surface area contributed by atoms with E-state index < -0.39 is 6.10 Å². The van der Waals surface area contributed by atoms with E-state index in [9.17, 15) is 5.11 Å². The van der Waals surface area contributed by atoms with Crippen molar-refractivity contribution in [3.05, 3.63) is 82.9 Å². The maximum atomic E-state index is 11.0. The molecule has 0 amide bonds. The highest BCUT2D eigenvalue weighted by molar-refractivity contribution is 6.30. The number of aromatic nitrogens is 2. The molecule has 3 nitrogen and oxygen atoms in total. The van der Waals surface area contributed by atoms with Gasteiger partial charge < -0.3 is 14.2 Å². The molecule has 1 N–H and O–H groups in total. The van der Waals surface area contributed by atoms with Gasteiger partial charge in [-0.25, -0.2) is 0 Å². The smallest absolute Gasteiger partial charge is 0.0928 e. The Kier molecular flexibility index (Phi) is 4.10. The van der Waals surface area contributed by atoms with E-state index in [1.165, 1.54) is 0 Å². The number of hydrogen-bond acceptors (Lipinski definition) is 1. The minimum Gasteiger partial charge on any atom is -0.387 e. The number of halogens is 1. The lowest BCUT2D eigenvalue weighted by molar-refractivity contribution is 0.153. The molecule has 0 aliphatic heterocycles. The van der Waals surface area contributed by atoms with Gasteiger partial charge in [-0.1, -0.05) is 23.7 Å². The molecular formula is C18H19ClN2O. The predicted octanol–water partition coefficient (Wildman–Crippen LogP) is 3.88. The first-order chi connectivity index (χ1) is 10.6. The van der Waals surface area contributed by atoms with Gasteiger partial charge in [-0.15, -0.1) is 0 Å². The van der Waals surface area contributed by atoms with E-state index in [1.54, 1.807) is 0 Å². The fraction of sp³-hybridized carbons (Fsp3) is 0.222. The molecule has 114 valence electrons. The fourth-order valence-electron chi connectivity index (χ4n) is 2.92. The van der Waals surface area contributed by atoms with Crippen molar-refractivity contribution in [2.45, 2.75) is 12.0 Å². The van der Waals surface area contributed by atoms with Gasteiger partial charge in [0, 0.05) is 42.9 Å². The summed E-state index contributed by atoms with van der Waals surface area (Å²) >= 11 is 5.96. The molecular weight excluding hydrogens is 296 g/mol. The first-order valence-electron chi connectivity index (χ1n) is 7.24. The second-order valence-corrected chi connectivity index (χ2v) is 6.00. The number of nitrogens with zero attached hydrogens (tertiary/aromatic N) is 2. The van der Waals surface area contributed by atoms with Gasteiger partial charge in [0.1, 0.15) is 0 Å². The van der Waals surface area contributed by atoms with E-state index in [0.717, 1.165) is 17.0 Å². The van der Waals surface area contributed by atoms with Crippen LogP contribution in [0.25, 0.3) is 0 Å². The Morgan fingerprint density at radius 3 is 1.77 bits per heavy atom. The van der Waals surface area contributed by atoms with Gasteiger partial charge in [0.25, 0.3) is 0 Å². The molecule has 0 saturated heterocycles. The molecule has 1 unspecified atom stereocenters. The summed E-state index contributed by atoms with van der Waals surface area (Å²) in [6.45, 7) is 0. The average Bonchev–Trinajstić information content (AvgIpc) is 3.10. The lowest BCUT2D eigenvalue weighted by atomic mass is 9.90. The Morgan fingerprint density at radius 1 is 0.864 bits per heavy atom. The van der Waals surface area contributed by atoms with Crippen LogP contribution in [-0.2, 0) is 14.1 Å². The first kappa shape index (κ1) is 14.9. The van der Waals surface area contributed by atoms with Gasteiger partial charge in [-0.2, -0.15) is 0 Å². The molecule has 0 bridgehead atoms. The van der Waals surface area contributed by atoms with Crippen molar-refractivity contribution in [3.63, 3.8) is 0 Å². The van der Waals surface area contributed by atoms with Crippen LogP contribution >= 0.6 is 11.6 Å². The molecule has 1 aromatic carbocycles. The predicted molar refractivity (Wildman–Crippen MR) is 89.1 cm³/mol. The zero-order chi connectivity index (χ0) is 15.7. The Bertz CT molecular complexity index is 717. The van der Waals surface area contributed by atoms with Crippen molar-refractivity contribution < 1.29 is 5.11 Å². The molecule has 0 aliphatic rings. The van der Waals surface area contributed by atoms with Crippen LogP contribution in [0.4, 0.5) is 0 Å². The molecule has 0 saturated carbocycles. The molecule has 2 aromatic heterocycles. The largest absolute Gasteiger partial charge is 0.387 e. The minimum absolute atomic E-state index is 0.138. The lowest BCUT2D eigenvalue weighted by Gasteiger charge is -2.25. The van der Waals surface area contributed by atoms with Gasteiger partial charge in [-0.05, 0) is 42.0 Å². The molecule has 22 heavy (non-hydrogen) atoms. The van der Waals surface area contributed by atoms with Crippen LogP contribution < -0.4 is 0 Å². The molecule has 3 rings (SSSR count). The van der Waals surface area contributed by atoms with Crippen molar-refractivity contribution in [3.8, 4) is 0 Å². The van der Waals surface area contributed by atoms with Crippen molar-refractivity contribution in [2.75, 3.05) is 0 Å². The summed E-state index contributed by atoms with van der Waals surface area (Å²) in [5.41, 5.74) is 3.00. The maximum Gasteiger partial charge on any atom is 0.0928 e. The summed E-state index contributed by atoms with van der Waals surface area (Å²) in [7, 11) is 4.00. The Balaban J connectivity index is 2.08. The summed E-state index contributed by atoms with van der Waals surface area (Å²) in [6.07, 6.45) is 3.36. The van der Waals surface area contributed by atoms with Gasteiger partial charge in [0.2, 0.25) is 0 Å². The quantitative estimate of drug-likeness (QED) is 0.778. The average molecular weight is 315 g/mol. The van der Waals surface area contributed by atoms with Gasteiger partial charge >= 0.3 is 0 Å². The van der Waals surface area contributed by atoms with E-state index in [-0.39, 0.29) is 5.92 Å². The van der Waals surface area contributed by atoms with Crippen molar-refractivity contribution in [1.82, 2.24) is 9.13 Å². The molecule has 0 aliphatic carbocycles. The second kappa shape index (κ2) is 6.03. The molecule has 0 radical (unpaired) electrons. The van der Waals surface area contributed by atoms with E-state index in [4.69, 9.17) is 11.6 Å². The second-order valence-electron chi connectivity index (χ2n) is 5.56. The van der Waals surface area contributed by atoms with Crippen molar-refractivity contribution in [2.24, 2.45) is 14.1 Å². The standard InChI is InChI=1S/C18H19ClN2O/c1-20-11-3-5-15(20)17(16-6-4-12-21(16)2)18(22)13-7-9-14(19)10-8-13/h3-12,17-18,22H,1-2H3. The maximum absolute atomic E-state index is 11.0. The van der Waals surface area contributed by atoms with Crippen molar-refractivity contribution >= 4 is 11.6 Å². The van der Waals surface area contributed by atoms with Gasteiger partial charge in [0.15, 0.2) is 0 Å². The highest BCUT2D eigenvalue weighted by atomic mass is 35.5. The monoisotopic (exact) mass is 314 g/mol. The van der Waals surface area contributed by atoms with E-state index in [1.807, 2.05) is 62.9 Å². The fourth-order valence-corrected chi connectivity index (χ4v) is 3.05. The van der Waals surface area contributed by atoms with Crippen LogP contribution in [-0.4, -0.2) is 14.2 Å². The highest BCUT2D eigenvalue weighted by Gasteiger charge is 2.28. The molecule has 3 aromatic rings. The van der Waals surface area contributed by atoms with Crippen LogP contribution in [0.15, 0.2) is 60.9 Å². The molecule has 1 atom stereocenters. The third-order valence-electron chi connectivity index (χ3n) is 4.13. The summed E-state index contributed by atoms with van der Waals surface area (Å²) in [5, 5.41) is 11.7. The van der Waals surface area contributed by atoms with Crippen LogP contribution in [0.5, 0.6) is 0 Å². The Labute approximate surface area is 135 Å². The molecule has 4 heteroatoms. The lowest BCUT2D eigenvalue weighted by Crippen LogP contribution is -2.17. The van der Waals surface area contributed by atoms with Crippen LogP contribution in [0, 0.1) is 0 Å². The summed E-state index contributed by atoms with van der Waals surface area (Å²) in [6, 6.07) is 15.5. The topological polar surface area (TPSA) is 30.1 Å². The van der Waals surface area contributed by atoms with Crippen LogP contribution in [0.2, 0.25) is 5.02 Å². The van der Waals surface area contributed by atoms with Crippen LogP contribution in [0.1, 0.15) is 29.0 Å². The first-order valence-corrected chi connectivity index (χ1v) is 7.61. The van der Waals surface area contributed by atoms with Crippen molar-refractivity contribution in [1.29, 1.82) is 0 Å². The van der Waals surface area contributed by atoms with Gasteiger partial charge in [0.05, 0.1) is 12.0 Å². The number of aliphatic hydroxyl groups excluding tert-OH is 1. The summed E-state index contributed by atoms with van der Waals surface area (Å²) < 4.78 is 4.10. The normalized spacial score (nSPS) is 12.8. The third kappa shape index (κ3) is 2.70. The zero-order valence-corrected chi connectivity index (χ0v) is 13.4. The third-order valence-corrected chi connectivity index (χ3v) is 4.38. The number of rotatable bonds is 4. The highest BCUT2D eigenvalue weighted by Crippen LogP contribution is 2.37. The van der Waals surface area contributed by atoms with E-state index in [2.05, 4.69) is 21.3 Å². The number of aryl methyl sites for hydroxylation is 2. The molecule has 2 heterocycles. The number of aliphatic hydroxyl groups is 1. The van der Waals surface area contributed by atoms with Crippen LogP contribution in [0.3, 0.4) is 0 Å². The summed E-state index contributed by atoms with van der Waals surface area (Å²) in [5.74, 6) is -0.138. The van der Waals surface area contributed by atoms with E-state index >= 15 is 0 Å². The minimum atomic E-state index is -0.639. The summed E-state index contributed by atoms with van der Waals surface area (Å²) in [4.78, 5) is 0.